The van der Waals surface area contributed by atoms with Gasteiger partial charge in [-0.25, -0.2) is 0 Å². The van der Waals surface area contributed by atoms with Crippen molar-refractivity contribution in [2.45, 2.75) is 72.3 Å². The zero-order chi connectivity index (χ0) is 19.8. The molecule has 0 aromatic carbocycles. The highest BCUT2D eigenvalue weighted by molar-refractivity contribution is 5.05. The molecule has 0 amide bonds. The second-order valence-corrected chi connectivity index (χ2v) is 8.19. The van der Waals surface area contributed by atoms with Crippen LogP contribution in [0.4, 0.5) is 0 Å². The van der Waals surface area contributed by atoms with E-state index >= 15 is 0 Å². The first-order valence-corrected chi connectivity index (χ1v) is 8.60. The van der Waals surface area contributed by atoms with Crippen LogP contribution in [-0.2, 0) is 10.8 Å². The van der Waals surface area contributed by atoms with Crippen molar-refractivity contribution in [1.29, 1.82) is 0 Å². The lowest BCUT2D eigenvalue weighted by Crippen LogP contribution is -2.11. The molecule has 3 aromatic rings. The molecule has 0 unspecified atom stereocenters. The van der Waals surface area contributed by atoms with Gasteiger partial charge in [-0.1, -0.05) is 46.8 Å². The number of nitrogens with zero attached hydrogens (tertiary/aromatic N) is 7. The van der Waals surface area contributed by atoms with Gasteiger partial charge >= 0.3 is 0 Å². The van der Waals surface area contributed by atoms with Gasteiger partial charge in [0.15, 0.2) is 0 Å². The van der Waals surface area contributed by atoms with Crippen LogP contribution in [0.25, 0.3) is 0 Å². The number of H-pyrrole nitrogens is 2. The van der Waals surface area contributed by atoms with E-state index in [0.717, 1.165) is 11.4 Å². The van der Waals surface area contributed by atoms with Gasteiger partial charge in [-0.15, -0.1) is 5.10 Å². The number of nitrogens with one attached hydrogen (secondary N) is 2. The van der Waals surface area contributed by atoms with Crippen molar-refractivity contribution < 1.29 is 0 Å². The van der Waals surface area contributed by atoms with Gasteiger partial charge in [0, 0.05) is 23.1 Å². The lowest BCUT2D eigenvalue weighted by atomic mass is 9.93. The molecule has 0 atom stereocenters. The average molecular weight is 361 g/mol. The molecule has 0 radical (unpaired) electrons. The molecule has 9 nitrogen and oxygen atoms in total. The molecule has 0 spiro atoms. The summed E-state index contributed by atoms with van der Waals surface area (Å²) < 4.78 is 1.81. The fourth-order valence-corrected chi connectivity index (χ4v) is 1.62. The Kier molecular flexibility index (Phi) is 7.60. The van der Waals surface area contributed by atoms with E-state index in [1.807, 2.05) is 6.20 Å². The van der Waals surface area contributed by atoms with Crippen molar-refractivity contribution in [3.05, 3.63) is 36.2 Å². The molecule has 0 saturated carbocycles. The first-order valence-electron chi connectivity index (χ1n) is 8.60. The molecule has 26 heavy (non-hydrogen) atoms. The number of rotatable bonds is 1. The fourth-order valence-electron chi connectivity index (χ4n) is 1.62. The minimum absolute atomic E-state index is 0.118. The monoisotopic (exact) mass is 361 g/mol. The summed E-state index contributed by atoms with van der Waals surface area (Å²) in [6.45, 7) is 16.7. The zero-order valence-corrected chi connectivity index (χ0v) is 17.0. The largest absolute Gasteiger partial charge is 0.250 e. The molecule has 3 heterocycles. The van der Waals surface area contributed by atoms with Crippen molar-refractivity contribution >= 4 is 0 Å². The second kappa shape index (κ2) is 9.21. The predicted octanol–water partition coefficient (Wildman–Crippen LogP) is 3.06. The maximum atomic E-state index is 3.95. The van der Waals surface area contributed by atoms with E-state index < -0.39 is 0 Å². The van der Waals surface area contributed by atoms with E-state index in [1.54, 1.807) is 23.3 Å². The minimum Gasteiger partial charge on any atom is -0.250 e. The Morgan fingerprint density at radius 2 is 1.31 bits per heavy atom. The molecule has 0 aliphatic rings. The lowest BCUT2D eigenvalue weighted by molar-refractivity contribution is 0.514. The maximum absolute atomic E-state index is 3.95. The van der Waals surface area contributed by atoms with Crippen LogP contribution >= 0.6 is 0 Å². The average Bonchev–Trinajstić information content (AvgIpc) is 3.28. The van der Waals surface area contributed by atoms with Gasteiger partial charge in [-0.2, -0.15) is 30.8 Å². The van der Waals surface area contributed by atoms with E-state index in [2.05, 4.69) is 96.5 Å². The Labute approximate surface area is 155 Å². The standard InChI is InChI=1S/2C6H11N3.C5H9N3/c2*1-6(2,3)5-4-7-9-8-5;1-5(2)8-4-3-6-7-8/h2*4H,1-3H3,(H,7,8,9);3-5H,1-2H3. The topological polar surface area (TPSA) is 114 Å². The zero-order valence-electron chi connectivity index (χ0n) is 17.0. The third kappa shape index (κ3) is 7.54. The molecule has 0 aliphatic carbocycles. The minimum atomic E-state index is 0.118. The maximum Gasteiger partial charge on any atom is 0.0877 e. The highest BCUT2D eigenvalue weighted by Gasteiger charge is 2.16. The summed E-state index contributed by atoms with van der Waals surface area (Å²) in [6.07, 6.45) is 7.03. The van der Waals surface area contributed by atoms with Gasteiger partial charge in [-0.3, -0.25) is 4.68 Å². The summed E-state index contributed by atoms with van der Waals surface area (Å²) >= 11 is 0. The molecular formula is C17H31N9. The van der Waals surface area contributed by atoms with Crippen molar-refractivity contribution in [1.82, 2.24) is 45.8 Å². The van der Waals surface area contributed by atoms with E-state index in [4.69, 9.17) is 0 Å². The Morgan fingerprint density at radius 3 is 1.46 bits per heavy atom. The molecule has 0 fully saturated rings. The lowest BCUT2D eigenvalue weighted by Gasteiger charge is -2.12. The molecule has 3 aromatic heterocycles. The van der Waals surface area contributed by atoms with Gasteiger partial charge in [0.05, 0.1) is 30.0 Å². The van der Waals surface area contributed by atoms with E-state index in [-0.39, 0.29) is 10.8 Å². The fraction of sp³-hybridized carbons (Fsp3) is 0.647. The van der Waals surface area contributed by atoms with Crippen molar-refractivity contribution in [3.63, 3.8) is 0 Å². The third-order valence-electron chi connectivity index (χ3n) is 3.34. The summed E-state index contributed by atoms with van der Waals surface area (Å²) in [7, 11) is 0. The normalized spacial score (nSPS) is 11.4. The van der Waals surface area contributed by atoms with Crippen LogP contribution < -0.4 is 0 Å². The molecular weight excluding hydrogens is 330 g/mol. The van der Waals surface area contributed by atoms with Crippen molar-refractivity contribution in [3.8, 4) is 0 Å². The van der Waals surface area contributed by atoms with E-state index in [0.29, 0.717) is 6.04 Å². The number of aromatic nitrogens is 9. The Bertz CT molecular complexity index is 640. The first kappa shape index (κ1) is 21.5. The van der Waals surface area contributed by atoms with Gasteiger partial charge in [-0.05, 0) is 13.8 Å². The van der Waals surface area contributed by atoms with Crippen molar-refractivity contribution in [2.24, 2.45) is 0 Å². The van der Waals surface area contributed by atoms with Crippen LogP contribution in [0.15, 0.2) is 24.8 Å². The van der Waals surface area contributed by atoms with E-state index in [9.17, 15) is 0 Å². The summed E-state index contributed by atoms with van der Waals surface area (Å²) in [6, 6.07) is 0.428. The molecule has 0 aliphatic heterocycles. The number of hydrogen-bond acceptors (Lipinski definition) is 6. The highest BCUT2D eigenvalue weighted by Crippen LogP contribution is 2.17. The predicted molar refractivity (Wildman–Crippen MR) is 101 cm³/mol. The third-order valence-corrected chi connectivity index (χ3v) is 3.34. The second-order valence-electron chi connectivity index (χ2n) is 8.19. The Balaban J connectivity index is 0.000000195. The van der Waals surface area contributed by atoms with Crippen LogP contribution in [0, 0.1) is 0 Å². The molecule has 3 rings (SSSR count). The highest BCUT2D eigenvalue weighted by atomic mass is 15.4. The van der Waals surface area contributed by atoms with Gasteiger partial charge < -0.3 is 0 Å². The van der Waals surface area contributed by atoms with Crippen LogP contribution in [0.2, 0.25) is 0 Å². The molecule has 0 saturated heterocycles. The van der Waals surface area contributed by atoms with Crippen LogP contribution in [0.5, 0.6) is 0 Å². The summed E-state index contributed by atoms with van der Waals surface area (Å²) in [4.78, 5) is 0. The summed E-state index contributed by atoms with van der Waals surface area (Å²) in [5.41, 5.74) is 2.24. The SMILES string of the molecule is CC(C)(C)c1cn[nH]n1.CC(C)(C)c1cn[nH]n1.CC(C)n1ccnn1. The molecule has 9 heteroatoms. The van der Waals surface area contributed by atoms with E-state index in [1.165, 1.54) is 0 Å². The number of aromatic amines is 2. The van der Waals surface area contributed by atoms with Crippen LogP contribution in [0.1, 0.15) is 72.8 Å². The summed E-state index contributed by atoms with van der Waals surface area (Å²) in [5.74, 6) is 0. The van der Waals surface area contributed by atoms with Crippen molar-refractivity contribution in [2.75, 3.05) is 0 Å². The molecule has 2 N–H and O–H groups in total. The Morgan fingerprint density at radius 1 is 0.846 bits per heavy atom. The number of hydrogen-bond donors (Lipinski definition) is 2. The molecule has 0 bridgehead atoms. The first-order chi connectivity index (χ1) is 12.0. The molecule has 144 valence electrons. The van der Waals surface area contributed by atoms with Gasteiger partial charge in [0.25, 0.3) is 0 Å². The Hall–Kier alpha value is -2.58. The quantitative estimate of drug-likeness (QED) is 0.688. The smallest absolute Gasteiger partial charge is 0.0877 e. The van der Waals surface area contributed by atoms with Crippen LogP contribution in [0.3, 0.4) is 0 Å². The van der Waals surface area contributed by atoms with Gasteiger partial charge in [0.1, 0.15) is 0 Å². The summed E-state index contributed by atoms with van der Waals surface area (Å²) in [5, 5.41) is 27.9. The van der Waals surface area contributed by atoms with Gasteiger partial charge in [0.2, 0.25) is 0 Å². The van der Waals surface area contributed by atoms with Crippen LogP contribution in [-0.4, -0.2) is 45.8 Å².